The van der Waals surface area contributed by atoms with Crippen LogP contribution in [0.1, 0.15) is 5.56 Å². The number of rotatable bonds is 2. The molecule has 9 heteroatoms. The average molecular weight is 348 g/mol. The van der Waals surface area contributed by atoms with E-state index in [9.17, 15) is 23.3 Å². The summed E-state index contributed by atoms with van der Waals surface area (Å²) in [5.41, 5.74) is -0.265. The van der Waals surface area contributed by atoms with Gasteiger partial charge >= 0.3 is 6.36 Å². The van der Waals surface area contributed by atoms with Crippen LogP contribution in [0.15, 0.2) is 6.20 Å². The van der Waals surface area contributed by atoms with Crippen molar-refractivity contribution in [2.75, 3.05) is 0 Å². The van der Waals surface area contributed by atoms with E-state index in [2.05, 4.69) is 9.72 Å². The van der Waals surface area contributed by atoms with Crippen molar-refractivity contribution < 1.29 is 22.8 Å². The fourth-order valence-corrected chi connectivity index (χ4v) is 1.44. The van der Waals surface area contributed by atoms with E-state index >= 15 is 0 Å². The van der Waals surface area contributed by atoms with Crippen LogP contribution in [0.25, 0.3) is 0 Å². The summed E-state index contributed by atoms with van der Waals surface area (Å²) in [6.07, 6.45) is -4.13. The maximum absolute atomic E-state index is 11.9. The van der Waals surface area contributed by atoms with Crippen molar-refractivity contribution in [2.24, 2.45) is 0 Å². The number of nitrogens with zero attached hydrogens (tertiary/aromatic N) is 2. The minimum Gasteiger partial charge on any atom is -0.387 e. The van der Waals surface area contributed by atoms with Crippen LogP contribution in [0.2, 0.25) is 0 Å². The van der Waals surface area contributed by atoms with E-state index in [1.54, 1.807) is 0 Å². The number of alkyl halides is 3. The van der Waals surface area contributed by atoms with Gasteiger partial charge in [-0.3, -0.25) is 10.1 Å². The molecule has 0 aromatic carbocycles. The number of hydrogen-bond acceptors (Lipinski definition) is 4. The monoisotopic (exact) mass is 348 g/mol. The van der Waals surface area contributed by atoms with Crippen molar-refractivity contribution in [3.63, 3.8) is 0 Å². The summed E-state index contributed by atoms with van der Waals surface area (Å²) in [4.78, 5) is 13.0. The Morgan fingerprint density at radius 1 is 1.56 bits per heavy atom. The molecule has 0 N–H and O–H groups in total. The van der Waals surface area contributed by atoms with E-state index in [0.717, 1.165) is 6.20 Å². The van der Waals surface area contributed by atoms with Gasteiger partial charge in [0.05, 0.1) is 8.49 Å². The molecule has 0 saturated carbocycles. The van der Waals surface area contributed by atoms with Crippen LogP contribution in [0.5, 0.6) is 5.88 Å². The number of pyridine rings is 1. The van der Waals surface area contributed by atoms with Gasteiger partial charge in [0, 0.05) is 5.56 Å². The Labute approximate surface area is 101 Å². The molecule has 0 fully saturated rings. The molecule has 0 radical (unpaired) electrons. The highest BCUT2D eigenvalue weighted by molar-refractivity contribution is 14.1. The molecule has 5 nitrogen and oxygen atoms in total. The van der Waals surface area contributed by atoms with Gasteiger partial charge in [0.15, 0.2) is 0 Å². The molecule has 0 atom stereocenters. The second kappa shape index (κ2) is 4.39. The van der Waals surface area contributed by atoms with E-state index in [0.29, 0.717) is 0 Å². The summed E-state index contributed by atoms with van der Waals surface area (Å²) >= 11 is 1.51. The normalized spacial score (nSPS) is 11.3. The van der Waals surface area contributed by atoms with Crippen LogP contribution in [0.3, 0.4) is 0 Å². The second-order valence-corrected chi connectivity index (χ2v) is 3.77. The van der Waals surface area contributed by atoms with Crippen LogP contribution >= 0.6 is 22.6 Å². The molecule has 0 saturated heterocycles. The first-order valence-corrected chi connectivity index (χ1v) is 4.85. The van der Waals surface area contributed by atoms with Crippen molar-refractivity contribution in [1.29, 1.82) is 0 Å². The summed E-state index contributed by atoms with van der Waals surface area (Å²) in [5, 5.41) is 10.5. The molecule has 0 aliphatic heterocycles. The van der Waals surface area contributed by atoms with Crippen LogP contribution in [0, 0.1) is 20.6 Å². The zero-order valence-corrected chi connectivity index (χ0v) is 9.87. The van der Waals surface area contributed by atoms with Crippen molar-refractivity contribution in [1.82, 2.24) is 4.98 Å². The Morgan fingerprint density at radius 3 is 2.56 bits per heavy atom. The summed E-state index contributed by atoms with van der Waals surface area (Å²) in [5.74, 6) is -0.684. The lowest BCUT2D eigenvalue weighted by molar-refractivity contribution is -0.385. The zero-order chi connectivity index (χ0) is 12.5. The minimum absolute atomic E-state index is 0.0378. The lowest BCUT2D eigenvalue weighted by Gasteiger charge is -2.10. The highest BCUT2D eigenvalue weighted by Crippen LogP contribution is 2.31. The van der Waals surface area contributed by atoms with Gasteiger partial charge in [-0.1, -0.05) is 0 Å². The highest BCUT2D eigenvalue weighted by Gasteiger charge is 2.33. The van der Waals surface area contributed by atoms with E-state index < -0.39 is 17.2 Å². The van der Waals surface area contributed by atoms with E-state index in [1.165, 1.54) is 29.5 Å². The van der Waals surface area contributed by atoms with Crippen molar-refractivity contribution >= 4 is 28.3 Å². The van der Waals surface area contributed by atoms with E-state index in [-0.39, 0.29) is 14.8 Å². The van der Waals surface area contributed by atoms with E-state index in [1.807, 2.05) is 0 Å². The number of hydrogen-bond donors (Lipinski definition) is 0. The summed E-state index contributed by atoms with van der Waals surface area (Å²) < 4.78 is 39.3. The topological polar surface area (TPSA) is 65.3 Å². The summed E-state index contributed by atoms with van der Waals surface area (Å²) in [7, 11) is 0. The fraction of sp³-hybridized carbons (Fsp3) is 0.286. The molecule has 0 bridgehead atoms. The Morgan fingerprint density at radius 2 is 2.12 bits per heavy atom. The lowest BCUT2D eigenvalue weighted by atomic mass is 10.2. The summed E-state index contributed by atoms with van der Waals surface area (Å²) in [6, 6.07) is 0. The molecule has 0 unspecified atom stereocenters. The highest BCUT2D eigenvalue weighted by atomic mass is 127. The maximum atomic E-state index is 11.9. The molecule has 1 aromatic heterocycles. The first-order valence-electron chi connectivity index (χ1n) is 3.77. The third-order valence-electron chi connectivity index (χ3n) is 1.61. The first kappa shape index (κ1) is 12.9. The molecule has 0 aliphatic carbocycles. The lowest BCUT2D eigenvalue weighted by Crippen LogP contribution is -2.19. The Hall–Kier alpha value is -1.13. The van der Waals surface area contributed by atoms with Gasteiger partial charge in [0.2, 0.25) is 5.88 Å². The molecule has 1 rings (SSSR count). The molecule has 1 heterocycles. The number of ether oxygens (including phenoxy) is 1. The quantitative estimate of drug-likeness (QED) is 0.468. The molecule has 0 amide bonds. The van der Waals surface area contributed by atoms with Gasteiger partial charge in [-0.25, -0.2) is 4.98 Å². The SMILES string of the molecule is Cc1c([N+](=O)[O-])cnc(OC(F)(F)F)c1I. The van der Waals surface area contributed by atoms with Crippen LogP contribution in [-0.4, -0.2) is 16.3 Å². The number of nitro groups is 1. The predicted molar refractivity (Wildman–Crippen MR) is 55.0 cm³/mol. The smallest absolute Gasteiger partial charge is 0.387 e. The van der Waals surface area contributed by atoms with Gasteiger partial charge in [0.1, 0.15) is 6.20 Å². The average Bonchev–Trinajstić information content (AvgIpc) is 2.10. The van der Waals surface area contributed by atoms with Crippen molar-refractivity contribution in [3.8, 4) is 5.88 Å². The van der Waals surface area contributed by atoms with Gasteiger partial charge in [-0.2, -0.15) is 0 Å². The standard InChI is InChI=1S/C7H4F3IN2O3/c1-3-4(13(14)15)2-12-6(5(3)11)16-7(8,9)10/h2H,1H3. The molecule has 0 aliphatic rings. The van der Waals surface area contributed by atoms with E-state index in [4.69, 9.17) is 0 Å². The van der Waals surface area contributed by atoms with Gasteiger partial charge < -0.3 is 4.74 Å². The molecule has 0 spiro atoms. The van der Waals surface area contributed by atoms with Gasteiger partial charge in [-0.05, 0) is 29.5 Å². The zero-order valence-electron chi connectivity index (χ0n) is 7.71. The third kappa shape index (κ3) is 2.93. The third-order valence-corrected chi connectivity index (χ3v) is 2.88. The molecular formula is C7H4F3IN2O3. The predicted octanol–water partition coefficient (Wildman–Crippen LogP) is 2.80. The summed E-state index contributed by atoms with van der Waals surface area (Å²) in [6.45, 7) is 1.32. The minimum atomic E-state index is -4.87. The first-order chi connectivity index (χ1) is 7.22. The second-order valence-electron chi connectivity index (χ2n) is 2.69. The van der Waals surface area contributed by atoms with Gasteiger partial charge in [0.25, 0.3) is 5.69 Å². The van der Waals surface area contributed by atoms with Crippen molar-refractivity contribution in [2.45, 2.75) is 13.3 Å². The van der Waals surface area contributed by atoms with Crippen molar-refractivity contribution in [3.05, 3.63) is 25.4 Å². The molecule has 88 valence electrons. The Kier molecular flexibility index (Phi) is 3.55. The van der Waals surface area contributed by atoms with Crippen LogP contribution in [-0.2, 0) is 0 Å². The molecule has 16 heavy (non-hydrogen) atoms. The van der Waals surface area contributed by atoms with Crippen LogP contribution in [0.4, 0.5) is 18.9 Å². The Bertz CT molecular complexity index is 436. The fourth-order valence-electron chi connectivity index (χ4n) is 0.911. The largest absolute Gasteiger partial charge is 0.574 e. The maximum Gasteiger partial charge on any atom is 0.574 e. The number of halogens is 4. The molecular weight excluding hydrogens is 344 g/mol. The Balaban J connectivity index is 3.17. The number of aromatic nitrogens is 1. The van der Waals surface area contributed by atoms with Crippen LogP contribution < -0.4 is 4.74 Å². The molecule has 1 aromatic rings. The van der Waals surface area contributed by atoms with Gasteiger partial charge in [-0.15, -0.1) is 13.2 Å².